The van der Waals surface area contributed by atoms with E-state index >= 15 is 0 Å². The summed E-state index contributed by atoms with van der Waals surface area (Å²) in [5.41, 5.74) is 0.850. The van der Waals surface area contributed by atoms with Gasteiger partial charge in [0.2, 0.25) is 5.91 Å². The van der Waals surface area contributed by atoms with Crippen molar-refractivity contribution in [3.05, 3.63) is 58.5 Å². The van der Waals surface area contributed by atoms with E-state index in [1.165, 1.54) is 0 Å². The monoisotopic (exact) mass is 420 g/mol. The van der Waals surface area contributed by atoms with Gasteiger partial charge in [-0.1, -0.05) is 30.3 Å². The number of carbonyl (C=O) groups is 2. The van der Waals surface area contributed by atoms with Gasteiger partial charge in [-0.3, -0.25) is 9.59 Å². The lowest BCUT2D eigenvalue weighted by Crippen LogP contribution is -2.43. The molecular formula is C19H21BrN2O4. The molecule has 138 valence electrons. The fourth-order valence-electron chi connectivity index (χ4n) is 3.26. The second kappa shape index (κ2) is 8.51. The number of rotatable bonds is 6. The van der Waals surface area contributed by atoms with Crippen LogP contribution in [-0.4, -0.2) is 41.0 Å². The molecule has 1 aliphatic heterocycles. The minimum Gasteiger partial charge on any atom is -0.444 e. The van der Waals surface area contributed by atoms with Gasteiger partial charge in [-0.25, -0.2) is 0 Å². The Kier molecular flexibility index (Phi) is 6.11. The Morgan fingerprint density at radius 2 is 2.04 bits per heavy atom. The van der Waals surface area contributed by atoms with Crippen LogP contribution in [0.15, 0.2) is 51.6 Å². The molecule has 0 bridgehead atoms. The number of furan rings is 1. The molecule has 2 amide bonds. The maximum atomic E-state index is 12.5. The van der Waals surface area contributed by atoms with E-state index < -0.39 is 12.0 Å². The van der Waals surface area contributed by atoms with Crippen molar-refractivity contribution in [2.75, 3.05) is 13.1 Å². The summed E-state index contributed by atoms with van der Waals surface area (Å²) in [6.07, 6.45) is 1.64. The Bertz CT molecular complexity index is 762. The van der Waals surface area contributed by atoms with Crippen molar-refractivity contribution in [2.24, 2.45) is 0 Å². The highest BCUT2D eigenvalue weighted by Gasteiger charge is 2.30. The SMILES string of the molecule is O=C(NCC(=O)N1CCCC1CC(O)c1ccccc1)c1ccc(Br)o1. The van der Waals surface area contributed by atoms with Crippen LogP contribution in [0.2, 0.25) is 0 Å². The van der Waals surface area contributed by atoms with Gasteiger partial charge in [-0.15, -0.1) is 0 Å². The number of aliphatic hydroxyl groups is 1. The summed E-state index contributed by atoms with van der Waals surface area (Å²) >= 11 is 3.14. The predicted molar refractivity (Wildman–Crippen MR) is 99.5 cm³/mol. The third-order valence-corrected chi connectivity index (χ3v) is 5.00. The first-order valence-corrected chi connectivity index (χ1v) is 9.40. The van der Waals surface area contributed by atoms with Gasteiger partial charge in [-0.05, 0) is 52.9 Å². The molecular weight excluding hydrogens is 400 g/mol. The predicted octanol–water partition coefficient (Wildman–Crippen LogP) is 2.89. The van der Waals surface area contributed by atoms with Crippen molar-refractivity contribution in [2.45, 2.75) is 31.4 Å². The van der Waals surface area contributed by atoms with E-state index in [4.69, 9.17) is 4.42 Å². The van der Waals surface area contributed by atoms with E-state index in [9.17, 15) is 14.7 Å². The second-order valence-electron chi connectivity index (χ2n) is 6.33. The zero-order valence-electron chi connectivity index (χ0n) is 14.2. The molecule has 6 nitrogen and oxygen atoms in total. The number of nitrogens with zero attached hydrogens (tertiary/aromatic N) is 1. The van der Waals surface area contributed by atoms with Crippen molar-refractivity contribution >= 4 is 27.7 Å². The van der Waals surface area contributed by atoms with E-state index in [1.54, 1.807) is 17.0 Å². The van der Waals surface area contributed by atoms with Crippen LogP contribution in [0, 0.1) is 0 Å². The maximum absolute atomic E-state index is 12.5. The maximum Gasteiger partial charge on any atom is 0.287 e. The Morgan fingerprint density at radius 3 is 2.73 bits per heavy atom. The molecule has 1 saturated heterocycles. The molecule has 2 atom stereocenters. The Hall–Kier alpha value is -2.12. The second-order valence-corrected chi connectivity index (χ2v) is 7.11. The molecule has 1 fully saturated rings. The third-order valence-electron chi connectivity index (χ3n) is 4.57. The van der Waals surface area contributed by atoms with Crippen molar-refractivity contribution in [1.29, 1.82) is 0 Å². The van der Waals surface area contributed by atoms with Gasteiger partial charge in [-0.2, -0.15) is 0 Å². The van der Waals surface area contributed by atoms with E-state index in [0.29, 0.717) is 17.6 Å². The number of carbonyl (C=O) groups excluding carboxylic acids is 2. The largest absolute Gasteiger partial charge is 0.444 e. The van der Waals surface area contributed by atoms with Crippen molar-refractivity contribution < 1.29 is 19.1 Å². The fourth-order valence-corrected chi connectivity index (χ4v) is 3.57. The van der Waals surface area contributed by atoms with Crippen LogP contribution in [0.1, 0.15) is 41.5 Å². The summed E-state index contributed by atoms with van der Waals surface area (Å²) < 4.78 is 5.63. The number of aliphatic hydroxyl groups excluding tert-OH is 1. The van der Waals surface area contributed by atoms with Crippen molar-refractivity contribution in [1.82, 2.24) is 10.2 Å². The lowest BCUT2D eigenvalue weighted by molar-refractivity contribution is -0.131. The highest BCUT2D eigenvalue weighted by atomic mass is 79.9. The van der Waals surface area contributed by atoms with Gasteiger partial charge in [0.05, 0.1) is 12.6 Å². The highest BCUT2D eigenvalue weighted by Crippen LogP contribution is 2.27. The van der Waals surface area contributed by atoms with Crippen LogP contribution in [0.4, 0.5) is 0 Å². The normalized spacial score (nSPS) is 17.9. The third kappa shape index (κ3) is 4.53. The van der Waals surface area contributed by atoms with Gasteiger partial charge in [0.25, 0.3) is 5.91 Å². The lowest BCUT2D eigenvalue weighted by Gasteiger charge is -2.27. The molecule has 26 heavy (non-hydrogen) atoms. The number of amides is 2. The molecule has 2 N–H and O–H groups in total. The van der Waals surface area contributed by atoms with E-state index in [-0.39, 0.29) is 24.3 Å². The Balaban J connectivity index is 1.54. The van der Waals surface area contributed by atoms with Gasteiger partial charge in [0.15, 0.2) is 10.4 Å². The molecule has 2 heterocycles. The van der Waals surface area contributed by atoms with E-state index in [0.717, 1.165) is 18.4 Å². The minimum absolute atomic E-state index is 0.0210. The summed E-state index contributed by atoms with van der Waals surface area (Å²) in [5, 5.41) is 13.0. The average molecular weight is 421 g/mol. The first-order valence-electron chi connectivity index (χ1n) is 8.60. The van der Waals surface area contributed by atoms with Crippen molar-refractivity contribution in [3.8, 4) is 0 Å². The number of hydrogen-bond acceptors (Lipinski definition) is 4. The number of likely N-dealkylation sites (tertiary alicyclic amines) is 1. The topological polar surface area (TPSA) is 82.8 Å². The summed E-state index contributed by atoms with van der Waals surface area (Å²) in [6.45, 7) is 0.558. The number of nitrogens with one attached hydrogen (secondary N) is 1. The zero-order chi connectivity index (χ0) is 18.5. The van der Waals surface area contributed by atoms with Crippen LogP contribution >= 0.6 is 15.9 Å². The molecule has 0 aliphatic carbocycles. The van der Waals surface area contributed by atoms with Gasteiger partial charge in [0.1, 0.15) is 0 Å². The van der Waals surface area contributed by atoms with Crippen LogP contribution in [-0.2, 0) is 4.79 Å². The first-order chi connectivity index (χ1) is 12.5. The van der Waals surface area contributed by atoms with Gasteiger partial charge in [0, 0.05) is 12.6 Å². The molecule has 1 aliphatic rings. The summed E-state index contributed by atoms with van der Waals surface area (Å²) in [7, 11) is 0. The number of hydrogen-bond donors (Lipinski definition) is 2. The molecule has 1 aromatic heterocycles. The van der Waals surface area contributed by atoms with Gasteiger partial charge >= 0.3 is 0 Å². The minimum atomic E-state index is -0.607. The summed E-state index contributed by atoms with van der Waals surface area (Å²) in [6, 6.07) is 12.6. The smallest absolute Gasteiger partial charge is 0.287 e. The van der Waals surface area contributed by atoms with Crippen LogP contribution in [0.25, 0.3) is 0 Å². The number of halogens is 1. The zero-order valence-corrected chi connectivity index (χ0v) is 15.8. The van der Waals surface area contributed by atoms with Crippen LogP contribution < -0.4 is 5.32 Å². The average Bonchev–Trinajstić information content (AvgIpc) is 3.29. The molecule has 0 saturated carbocycles. The summed E-state index contributed by atoms with van der Waals surface area (Å²) in [5.74, 6) is -0.419. The Labute approximate surface area is 160 Å². The first kappa shape index (κ1) is 18.7. The molecule has 2 unspecified atom stereocenters. The standard InChI is InChI=1S/C19H21BrN2O4/c20-17-9-8-16(26-17)19(25)21-12-18(24)22-10-4-7-14(22)11-15(23)13-5-2-1-3-6-13/h1-3,5-6,8-9,14-15,23H,4,7,10-12H2,(H,21,25). The number of benzene rings is 1. The molecule has 0 radical (unpaired) electrons. The highest BCUT2D eigenvalue weighted by molar-refractivity contribution is 9.10. The molecule has 7 heteroatoms. The van der Waals surface area contributed by atoms with Crippen LogP contribution in [0.5, 0.6) is 0 Å². The van der Waals surface area contributed by atoms with E-state index in [2.05, 4.69) is 21.2 Å². The molecule has 3 rings (SSSR count). The molecule has 1 aromatic carbocycles. The molecule has 2 aromatic rings. The fraction of sp³-hybridized carbons (Fsp3) is 0.368. The quantitative estimate of drug-likeness (QED) is 0.752. The van der Waals surface area contributed by atoms with Gasteiger partial charge < -0.3 is 19.7 Å². The van der Waals surface area contributed by atoms with Crippen molar-refractivity contribution in [3.63, 3.8) is 0 Å². The lowest BCUT2D eigenvalue weighted by atomic mass is 10.0. The van der Waals surface area contributed by atoms with E-state index in [1.807, 2.05) is 30.3 Å². The molecule has 0 spiro atoms. The Morgan fingerprint density at radius 1 is 1.27 bits per heavy atom. The van der Waals surface area contributed by atoms with Crippen LogP contribution in [0.3, 0.4) is 0 Å². The summed E-state index contributed by atoms with van der Waals surface area (Å²) in [4.78, 5) is 26.2.